The standard InChI is InChI=1S/C14H21NO3/c1-2-5-11-7-8-12(18-11)10-15-9-4-3-6-13(15)14(16)17/h7-8,13H,2-6,9-10H2,1H3,(H,16,17)/t13-/m1/s1. The van der Waals surface area contributed by atoms with Crippen LogP contribution >= 0.6 is 0 Å². The highest BCUT2D eigenvalue weighted by Crippen LogP contribution is 2.21. The lowest BCUT2D eigenvalue weighted by molar-refractivity contribution is -0.145. The number of rotatable bonds is 5. The second-order valence-electron chi connectivity index (χ2n) is 4.94. The third-order valence-corrected chi connectivity index (χ3v) is 3.47. The van der Waals surface area contributed by atoms with E-state index in [9.17, 15) is 9.90 Å². The molecule has 1 fully saturated rings. The van der Waals surface area contributed by atoms with E-state index in [1.54, 1.807) is 0 Å². The minimum absolute atomic E-state index is 0.349. The Bertz CT molecular complexity index is 399. The molecule has 18 heavy (non-hydrogen) atoms. The van der Waals surface area contributed by atoms with Crippen LogP contribution in [0.1, 0.15) is 44.1 Å². The van der Waals surface area contributed by atoms with Gasteiger partial charge in [0.1, 0.15) is 17.6 Å². The summed E-state index contributed by atoms with van der Waals surface area (Å²) in [7, 11) is 0. The largest absolute Gasteiger partial charge is 0.480 e. The van der Waals surface area contributed by atoms with Gasteiger partial charge in [-0.25, -0.2) is 0 Å². The van der Waals surface area contributed by atoms with E-state index in [0.29, 0.717) is 6.54 Å². The summed E-state index contributed by atoms with van der Waals surface area (Å²) in [6, 6.07) is 3.62. The zero-order valence-corrected chi connectivity index (χ0v) is 10.9. The SMILES string of the molecule is CCCc1ccc(CN2CCCC[C@@H]2C(=O)O)o1. The van der Waals surface area contributed by atoms with Gasteiger partial charge < -0.3 is 9.52 Å². The molecule has 1 aromatic rings. The summed E-state index contributed by atoms with van der Waals surface area (Å²) in [6.07, 6.45) is 4.84. The number of nitrogens with zero attached hydrogens (tertiary/aromatic N) is 1. The minimum atomic E-state index is -0.713. The average molecular weight is 251 g/mol. The fraction of sp³-hybridized carbons (Fsp3) is 0.643. The van der Waals surface area contributed by atoms with Crippen LogP contribution in [0.15, 0.2) is 16.5 Å². The maximum atomic E-state index is 11.2. The molecule has 4 heteroatoms. The number of piperidine rings is 1. The Morgan fingerprint density at radius 1 is 1.44 bits per heavy atom. The van der Waals surface area contributed by atoms with Crippen molar-refractivity contribution in [2.75, 3.05) is 6.54 Å². The van der Waals surface area contributed by atoms with Crippen molar-refractivity contribution in [3.63, 3.8) is 0 Å². The Morgan fingerprint density at radius 2 is 2.22 bits per heavy atom. The molecule has 1 saturated heterocycles. The molecule has 1 aromatic heterocycles. The third-order valence-electron chi connectivity index (χ3n) is 3.47. The number of carboxylic acid groups (broad SMARTS) is 1. The molecule has 1 aliphatic rings. The van der Waals surface area contributed by atoms with E-state index in [0.717, 1.165) is 50.2 Å². The van der Waals surface area contributed by atoms with Gasteiger partial charge >= 0.3 is 5.97 Å². The molecule has 100 valence electrons. The van der Waals surface area contributed by atoms with Crippen LogP contribution in [0.2, 0.25) is 0 Å². The summed E-state index contributed by atoms with van der Waals surface area (Å²) in [5, 5.41) is 9.20. The number of hydrogen-bond donors (Lipinski definition) is 1. The molecule has 0 amide bonds. The molecule has 0 spiro atoms. The second kappa shape index (κ2) is 6.05. The lowest BCUT2D eigenvalue weighted by Gasteiger charge is -2.31. The Morgan fingerprint density at radius 3 is 2.94 bits per heavy atom. The number of carbonyl (C=O) groups is 1. The monoisotopic (exact) mass is 251 g/mol. The smallest absolute Gasteiger partial charge is 0.320 e. The summed E-state index contributed by atoms with van der Waals surface area (Å²) < 4.78 is 5.72. The van der Waals surface area contributed by atoms with Crippen LogP contribution in [0.3, 0.4) is 0 Å². The lowest BCUT2D eigenvalue weighted by Crippen LogP contribution is -2.43. The molecular weight excluding hydrogens is 230 g/mol. The van der Waals surface area contributed by atoms with Gasteiger partial charge in [-0.15, -0.1) is 0 Å². The van der Waals surface area contributed by atoms with Crippen molar-refractivity contribution in [1.29, 1.82) is 0 Å². The Kier molecular flexibility index (Phi) is 4.42. The minimum Gasteiger partial charge on any atom is -0.480 e. The second-order valence-corrected chi connectivity index (χ2v) is 4.94. The highest BCUT2D eigenvalue weighted by Gasteiger charge is 2.28. The van der Waals surface area contributed by atoms with Crippen LogP contribution in [0.25, 0.3) is 0 Å². The predicted octanol–water partition coefficient (Wildman–Crippen LogP) is 2.67. The van der Waals surface area contributed by atoms with Gasteiger partial charge in [0.2, 0.25) is 0 Å². The fourth-order valence-corrected chi connectivity index (χ4v) is 2.55. The molecule has 1 atom stereocenters. The fourth-order valence-electron chi connectivity index (χ4n) is 2.55. The molecule has 0 bridgehead atoms. The summed E-state index contributed by atoms with van der Waals surface area (Å²) in [6.45, 7) is 3.58. The van der Waals surface area contributed by atoms with Crippen LogP contribution < -0.4 is 0 Å². The molecule has 2 heterocycles. The Labute approximate surface area is 108 Å². The van der Waals surface area contributed by atoms with Crippen molar-refractivity contribution in [3.8, 4) is 0 Å². The maximum absolute atomic E-state index is 11.2. The molecule has 1 N–H and O–H groups in total. The molecule has 0 aromatic carbocycles. The van der Waals surface area contributed by atoms with Gasteiger partial charge in [0, 0.05) is 6.42 Å². The van der Waals surface area contributed by atoms with Crippen molar-refractivity contribution in [1.82, 2.24) is 4.90 Å². The van der Waals surface area contributed by atoms with Crippen LogP contribution in [0.5, 0.6) is 0 Å². The summed E-state index contributed by atoms with van der Waals surface area (Å²) >= 11 is 0. The zero-order chi connectivity index (χ0) is 13.0. The number of furan rings is 1. The van der Waals surface area contributed by atoms with Gasteiger partial charge in [0.25, 0.3) is 0 Å². The first kappa shape index (κ1) is 13.1. The van der Waals surface area contributed by atoms with Crippen LogP contribution in [0, 0.1) is 0 Å². The number of carboxylic acids is 1. The highest BCUT2D eigenvalue weighted by molar-refractivity contribution is 5.73. The molecule has 4 nitrogen and oxygen atoms in total. The van der Waals surface area contributed by atoms with Gasteiger partial charge in [-0.1, -0.05) is 13.3 Å². The van der Waals surface area contributed by atoms with Crippen molar-refractivity contribution in [3.05, 3.63) is 23.7 Å². The summed E-state index contributed by atoms with van der Waals surface area (Å²) in [5.74, 6) is 1.16. The van der Waals surface area contributed by atoms with E-state index in [2.05, 4.69) is 6.92 Å². The van der Waals surface area contributed by atoms with Gasteiger partial charge in [-0.2, -0.15) is 0 Å². The van der Waals surface area contributed by atoms with Crippen LogP contribution in [-0.4, -0.2) is 28.6 Å². The Balaban J connectivity index is 1.99. The van der Waals surface area contributed by atoms with Gasteiger partial charge in [0.15, 0.2) is 0 Å². The molecular formula is C14H21NO3. The Hall–Kier alpha value is -1.29. The average Bonchev–Trinajstić information content (AvgIpc) is 2.77. The number of aryl methyl sites for hydroxylation is 1. The lowest BCUT2D eigenvalue weighted by atomic mass is 10.0. The number of hydrogen-bond acceptors (Lipinski definition) is 3. The van der Waals surface area contributed by atoms with E-state index in [1.807, 2.05) is 17.0 Å². The quantitative estimate of drug-likeness (QED) is 0.874. The first-order chi connectivity index (χ1) is 8.70. The maximum Gasteiger partial charge on any atom is 0.320 e. The normalized spacial score (nSPS) is 21.1. The third kappa shape index (κ3) is 3.13. The predicted molar refractivity (Wildman–Crippen MR) is 68.4 cm³/mol. The molecule has 0 radical (unpaired) electrons. The van der Waals surface area contributed by atoms with E-state index < -0.39 is 5.97 Å². The van der Waals surface area contributed by atoms with Crippen molar-refractivity contribution in [2.24, 2.45) is 0 Å². The highest BCUT2D eigenvalue weighted by atomic mass is 16.4. The molecule has 2 rings (SSSR count). The number of aliphatic carboxylic acids is 1. The van der Waals surface area contributed by atoms with Crippen LogP contribution in [0.4, 0.5) is 0 Å². The topological polar surface area (TPSA) is 53.7 Å². The summed E-state index contributed by atoms with van der Waals surface area (Å²) in [5.41, 5.74) is 0. The van der Waals surface area contributed by atoms with Gasteiger partial charge in [0.05, 0.1) is 6.54 Å². The van der Waals surface area contributed by atoms with E-state index >= 15 is 0 Å². The van der Waals surface area contributed by atoms with Gasteiger partial charge in [-0.05, 0) is 37.9 Å². The van der Waals surface area contributed by atoms with Crippen LogP contribution in [-0.2, 0) is 17.8 Å². The molecule has 0 unspecified atom stereocenters. The van der Waals surface area contributed by atoms with Crippen molar-refractivity contribution >= 4 is 5.97 Å². The van der Waals surface area contributed by atoms with Gasteiger partial charge in [-0.3, -0.25) is 9.69 Å². The van der Waals surface area contributed by atoms with Crippen molar-refractivity contribution in [2.45, 2.75) is 51.6 Å². The van der Waals surface area contributed by atoms with E-state index in [4.69, 9.17) is 4.42 Å². The summed E-state index contributed by atoms with van der Waals surface area (Å²) in [4.78, 5) is 13.2. The first-order valence-corrected chi connectivity index (χ1v) is 6.75. The van der Waals surface area contributed by atoms with E-state index in [-0.39, 0.29) is 6.04 Å². The van der Waals surface area contributed by atoms with E-state index in [1.165, 1.54) is 0 Å². The zero-order valence-electron chi connectivity index (χ0n) is 10.9. The first-order valence-electron chi connectivity index (χ1n) is 6.75. The number of likely N-dealkylation sites (tertiary alicyclic amines) is 1. The van der Waals surface area contributed by atoms with Crippen molar-refractivity contribution < 1.29 is 14.3 Å². The molecule has 0 saturated carbocycles. The molecule has 1 aliphatic heterocycles. The molecule has 0 aliphatic carbocycles.